The molecule has 5 nitrogen and oxygen atoms in total. The fraction of sp³-hybridized carbons (Fsp3) is 0.429. The van der Waals surface area contributed by atoms with Crippen LogP contribution >= 0.6 is 11.6 Å². The van der Waals surface area contributed by atoms with Crippen LogP contribution in [0.1, 0.15) is 36.0 Å². The molecule has 0 bridgehead atoms. The predicted octanol–water partition coefficient (Wildman–Crippen LogP) is 2.51. The number of aromatic hydroxyl groups is 1. The van der Waals surface area contributed by atoms with Gasteiger partial charge in [-0.15, -0.1) is 0 Å². The zero-order chi connectivity index (χ0) is 15.0. The maximum Gasteiger partial charge on any atom is 0.305 e. The molecule has 20 heavy (non-hydrogen) atoms. The molecule has 0 saturated heterocycles. The van der Waals surface area contributed by atoms with Crippen molar-refractivity contribution in [1.29, 1.82) is 0 Å². The van der Waals surface area contributed by atoms with Crippen LogP contribution in [-0.4, -0.2) is 30.6 Å². The third kappa shape index (κ3) is 5.48. The van der Waals surface area contributed by atoms with Crippen LogP contribution in [0.25, 0.3) is 0 Å². The lowest BCUT2D eigenvalue weighted by Crippen LogP contribution is -2.24. The van der Waals surface area contributed by atoms with Crippen molar-refractivity contribution >= 4 is 23.5 Å². The van der Waals surface area contributed by atoms with Crippen molar-refractivity contribution in [3.63, 3.8) is 0 Å². The highest BCUT2D eigenvalue weighted by Crippen LogP contribution is 2.23. The lowest BCUT2D eigenvalue weighted by atomic mass is 10.2. The summed E-state index contributed by atoms with van der Waals surface area (Å²) >= 11 is 5.73. The molecule has 1 aromatic carbocycles. The summed E-state index contributed by atoms with van der Waals surface area (Å²) < 4.78 is 4.53. The number of halogens is 1. The topological polar surface area (TPSA) is 75.6 Å². The van der Waals surface area contributed by atoms with Gasteiger partial charge in [-0.1, -0.05) is 18.0 Å². The number of benzene rings is 1. The zero-order valence-electron chi connectivity index (χ0n) is 11.3. The van der Waals surface area contributed by atoms with Crippen molar-refractivity contribution in [3.8, 4) is 5.75 Å². The van der Waals surface area contributed by atoms with E-state index >= 15 is 0 Å². The van der Waals surface area contributed by atoms with Crippen LogP contribution in [0.3, 0.4) is 0 Å². The Balaban J connectivity index is 2.23. The second kappa shape index (κ2) is 8.43. The molecule has 0 atom stereocenters. The number of methoxy groups -OCH3 is 1. The Morgan fingerprint density at radius 2 is 2.05 bits per heavy atom. The van der Waals surface area contributed by atoms with Gasteiger partial charge in [0.05, 0.1) is 12.1 Å². The maximum atomic E-state index is 11.8. The standard InChI is InChI=1S/C14H18ClNO4/c1-20-13(18)5-3-2-4-8-16-14(19)10-6-7-12(17)11(15)9-10/h6-7,9,17H,2-5,8H2,1H3,(H,16,19). The van der Waals surface area contributed by atoms with E-state index in [0.29, 0.717) is 18.5 Å². The summed E-state index contributed by atoms with van der Waals surface area (Å²) in [4.78, 5) is 22.6. The molecule has 1 aromatic rings. The Bertz CT molecular complexity index is 476. The Kier molecular flexibility index (Phi) is 6.87. The summed E-state index contributed by atoms with van der Waals surface area (Å²) in [6.07, 6.45) is 2.77. The van der Waals surface area contributed by atoms with Gasteiger partial charge >= 0.3 is 5.97 Å². The number of unbranched alkanes of at least 4 members (excludes halogenated alkanes) is 2. The SMILES string of the molecule is COC(=O)CCCCCNC(=O)c1ccc(O)c(Cl)c1. The van der Waals surface area contributed by atoms with Gasteiger partial charge in [0, 0.05) is 18.5 Å². The molecule has 6 heteroatoms. The monoisotopic (exact) mass is 299 g/mol. The van der Waals surface area contributed by atoms with Crippen molar-refractivity contribution < 1.29 is 19.4 Å². The van der Waals surface area contributed by atoms with E-state index in [1.165, 1.54) is 25.3 Å². The molecule has 1 rings (SSSR count). The van der Waals surface area contributed by atoms with E-state index in [1.807, 2.05) is 0 Å². The number of ether oxygens (including phenoxy) is 1. The van der Waals surface area contributed by atoms with E-state index in [2.05, 4.69) is 10.1 Å². The van der Waals surface area contributed by atoms with Crippen LogP contribution in [0, 0.1) is 0 Å². The molecule has 0 unspecified atom stereocenters. The van der Waals surface area contributed by atoms with Gasteiger partial charge in [-0.25, -0.2) is 0 Å². The van der Waals surface area contributed by atoms with Crippen molar-refractivity contribution in [2.75, 3.05) is 13.7 Å². The average molecular weight is 300 g/mol. The summed E-state index contributed by atoms with van der Waals surface area (Å²) in [7, 11) is 1.37. The van der Waals surface area contributed by atoms with Gasteiger partial charge < -0.3 is 15.2 Å². The number of hydrogen-bond acceptors (Lipinski definition) is 4. The lowest BCUT2D eigenvalue weighted by Gasteiger charge is -2.06. The second-order valence-electron chi connectivity index (χ2n) is 4.31. The predicted molar refractivity (Wildman–Crippen MR) is 75.9 cm³/mol. The molecule has 0 saturated carbocycles. The maximum absolute atomic E-state index is 11.8. The van der Waals surface area contributed by atoms with E-state index in [4.69, 9.17) is 11.6 Å². The largest absolute Gasteiger partial charge is 0.506 e. The minimum Gasteiger partial charge on any atom is -0.506 e. The molecule has 0 radical (unpaired) electrons. The first kappa shape index (κ1) is 16.3. The van der Waals surface area contributed by atoms with Crippen LogP contribution in [-0.2, 0) is 9.53 Å². The molecule has 0 aliphatic carbocycles. The summed E-state index contributed by atoms with van der Waals surface area (Å²) in [5, 5.41) is 12.2. The Labute approximate surface area is 122 Å². The normalized spacial score (nSPS) is 10.1. The van der Waals surface area contributed by atoms with Gasteiger partial charge in [-0.2, -0.15) is 0 Å². The first-order valence-corrected chi connectivity index (χ1v) is 6.76. The molecule has 0 spiro atoms. The molecule has 2 N–H and O–H groups in total. The van der Waals surface area contributed by atoms with E-state index in [-0.39, 0.29) is 22.6 Å². The highest BCUT2D eigenvalue weighted by molar-refractivity contribution is 6.32. The summed E-state index contributed by atoms with van der Waals surface area (Å²) in [5.41, 5.74) is 0.405. The number of carbonyl (C=O) groups is 2. The molecule has 110 valence electrons. The highest BCUT2D eigenvalue weighted by atomic mass is 35.5. The minimum absolute atomic E-state index is 0.0500. The number of phenolic OH excluding ortho intramolecular Hbond substituents is 1. The van der Waals surface area contributed by atoms with Crippen LogP contribution in [0.15, 0.2) is 18.2 Å². The van der Waals surface area contributed by atoms with E-state index in [9.17, 15) is 14.7 Å². The Morgan fingerprint density at radius 1 is 1.30 bits per heavy atom. The van der Waals surface area contributed by atoms with Crippen LogP contribution in [0.5, 0.6) is 5.75 Å². The van der Waals surface area contributed by atoms with Crippen molar-refractivity contribution in [2.24, 2.45) is 0 Å². The Morgan fingerprint density at radius 3 is 2.70 bits per heavy atom. The quantitative estimate of drug-likeness (QED) is 0.599. The van der Waals surface area contributed by atoms with Crippen LogP contribution in [0.4, 0.5) is 0 Å². The van der Waals surface area contributed by atoms with E-state index in [0.717, 1.165) is 19.3 Å². The number of esters is 1. The molecule has 0 heterocycles. The van der Waals surface area contributed by atoms with Gasteiger partial charge in [0.25, 0.3) is 5.91 Å². The number of rotatable bonds is 7. The molecule has 0 aromatic heterocycles. The van der Waals surface area contributed by atoms with Crippen LogP contribution in [0.2, 0.25) is 5.02 Å². The summed E-state index contributed by atoms with van der Waals surface area (Å²) in [6.45, 7) is 0.526. The number of hydrogen-bond donors (Lipinski definition) is 2. The lowest BCUT2D eigenvalue weighted by molar-refractivity contribution is -0.140. The molecule has 0 fully saturated rings. The molecule has 1 amide bonds. The van der Waals surface area contributed by atoms with Gasteiger partial charge in [-0.05, 0) is 31.0 Å². The number of carbonyl (C=O) groups excluding carboxylic acids is 2. The van der Waals surface area contributed by atoms with Gasteiger partial charge in [-0.3, -0.25) is 9.59 Å². The highest BCUT2D eigenvalue weighted by Gasteiger charge is 2.07. The number of phenols is 1. The molecule has 0 aliphatic heterocycles. The summed E-state index contributed by atoms with van der Waals surface area (Å²) in [6, 6.07) is 4.31. The molecule has 0 aliphatic rings. The van der Waals surface area contributed by atoms with Crippen molar-refractivity contribution in [3.05, 3.63) is 28.8 Å². The van der Waals surface area contributed by atoms with Gasteiger partial charge in [0.2, 0.25) is 0 Å². The fourth-order valence-electron chi connectivity index (χ4n) is 1.63. The summed E-state index contributed by atoms with van der Waals surface area (Å²) in [5.74, 6) is -0.501. The van der Waals surface area contributed by atoms with Gasteiger partial charge in [0.15, 0.2) is 0 Å². The molecular weight excluding hydrogens is 282 g/mol. The third-order valence-electron chi connectivity index (χ3n) is 2.78. The second-order valence-corrected chi connectivity index (χ2v) is 4.72. The van der Waals surface area contributed by atoms with Crippen molar-refractivity contribution in [1.82, 2.24) is 5.32 Å². The number of amides is 1. The Hall–Kier alpha value is -1.75. The average Bonchev–Trinajstić information content (AvgIpc) is 2.44. The van der Waals surface area contributed by atoms with E-state index in [1.54, 1.807) is 0 Å². The zero-order valence-corrected chi connectivity index (χ0v) is 12.1. The van der Waals surface area contributed by atoms with Crippen LogP contribution < -0.4 is 5.32 Å². The van der Waals surface area contributed by atoms with Crippen molar-refractivity contribution in [2.45, 2.75) is 25.7 Å². The first-order chi connectivity index (χ1) is 9.54. The first-order valence-electron chi connectivity index (χ1n) is 6.38. The molecular formula is C14H18ClNO4. The fourth-order valence-corrected chi connectivity index (χ4v) is 1.81. The third-order valence-corrected chi connectivity index (χ3v) is 3.08. The smallest absolute Gasteiger partial charge is 0.305 e. The van der Waals surface area contributed by atoms with Gasteiger partial charge in [0.1, 0.15) is 5.75 Å². The van der Waals surface area contributed by atoms with E-state index < -0.39 is 0 Å². The number of nitrogens with one attached hydrogen (secondary N) is 1. The minimum atomic E-state index is -0.236.